The Kier molecular flexibility index (Phi) is 4.96. The number of aromatic nitrogens is 1. The van der Waals surface area contributed by atoms with Gasteiger partial charge in [-0.05, 0) is 23.1 Å². The Labute approximate surface area is 129 Å². The Morgan fingerprint density at radius 2 is 2.00 bits per heavy atom. The topological polar surface area (TPSA) is 51.2 Å². The lowest BCUT2D eigenvalue weighted by atomic mass is 9.92. The van der Waals surface area contributed by atoms with Crippen molar-refractivity contribution in [1.82, 2.24) is 10.3 Å². The average Bonchev–Trinajstić information content (AvgIpc) is 2.89. The van der Waals surface area contributed by atoms with Crippen molar-refractivity contribution in [1.29, 1.82) is 0 Å². The molecule has 0 atom stereocenters. The van der Waals surface area contributed by atoms with Gasteiger partial charge in [0.05, 0.1) is 0 Å². The van der Waals surface area contributed by atoms with Crippen molar-refractivity contribution in [3.05, 3.63) is 41.4 Å². The molecule has 2 rings (SSSR count). The van der Waals surface area contributed by atoms with E-state index in [0.717, 1.165) is 11.3 Å². The van der Waals surface area contributed by atoms with Crippen LogP contribution >= 0.6 is 11.3 Å². The third kappa shape index (κ3) is 5.55. The number of carbonyl (C=O) groups excluding carboxylic acids is 1. The highest BCUT2D eigenvalue weighted by molar-refractivity contribution is 7.11. The molecular weight excluding hydrogens is 284 g/mol. The Bertz CT molecular complexity index is 571. The summed E-state index contributed by atoms with van der Waals surface area (Å²) in [6, 6.07) is 7.65. The number of carbonyl (C=O) groups is 1. The van der Waals surface area contributed by atoms with Crippen LogP contribution in [0, 0.1) is 5.41 Å². The minimum Gasteiger partial charge on any atom is -0.431 e. The molecule has 0 aliphatic rings. The molecule has 0 bridgehead atoms. The van der Waals surface area contributed by atoms with Crippen molar-refractivity contribution in [2.45, 2.75) is 33.7 Å². The predicted octanol–water partition coefficient (Wildman–Crippen LogP) is 3.99. The molecule has 2 aromatic rings. The summed E-state index contributed by atoms with van der Waals surface area (Å²) in [4.78, 5) is 15.8. The van der Waals surface area contributed by atoms with Crippen molar-refractivity contribution in [3.8, 4) is 10.9 Å². The highest BCUT2D eigenvalue weighted by Gasteiger charge is 2.15. The standard InChI is InChI=1S/C16H20N2O2S/c1-16(2,3)10-14(19)18-11-12-4-6-13(7-5-12)20-15-17-8-9-21-15/h4-9H,10-11H2,1-3H3,(H,18,19). The van der Waals surface area contributed by atoms with E-state index in [4.69, 9.17) is 4.74 Å². The second-order valence-corrected chi connectivity index (χ2v) is 6.92. The second kappa shape index (κ2) is 6.72. The largest absolute Gasteiger partial charge is 0.431 e. The molecule has 0 fully saturated rings. The summed E-state index contributed by atoms with van der Waals surface area (Å²) in [5.74, 6) is 0.820. The minimum absolute atomic E-state index is 0.00941. The summed E-state index contributed by atoms with van der Waals surface area (Å²) >= 11 is 1.45. The van der Waals surface area contributed by atoms with E-state index in [2.05, 4.69) is 31.1 Å². The van der Waals surface area contributed by atoms with E-state index >= 15 is 0 Å². The van der Waals surface area contributed by atoms with Crippen LogP contribution in [0.1, 0.15) is 32.8 Å². The molecule has 1 aromatic carbocycles. The van der Waals surface area contributed by atoms with E-state index in [9.17, 15) is 4.79 Å². The quantitative estimate of drug-likeness (QED) is 0.908. The van der Waals surface area contributed by atoms with Crippen LogP contribution in [0.25, 0.3) is 0 Å². The number of hydrogen-bond acceptors (Lipinski definition) is 4. The number of benzene rings is 1. The van der Waals surface area contributed by atoms with Crippen molar-refractivity contribution in [2.24, 2.45) is 5.41 Å². The van der Waals surface area contributed by atoms with Crippen molar-refractivity contribution >= 4 is 17.2 Å². The van der Waals surface area contributed by atoms with E-state index in [1.165, 1.54) is 11.3 Å². The van der Waals surface area contributed by atoms with Crippen molar-refractivity contribution < 1.29 is 9.53 Å². The third-order valence-electron chi connectivity index (χ3n) is 2.72. The fourth-order valence-electron chi connectivity index (χ4n) is 1.78. The smallest absolute Gasteiger partial charge is 0.278 e. The van der Waals surface area contributed by atoms with E-state index in [1.54, 1.807) is 6.20 Å². The van der Waals surface area contributed by atoms with Gasteiger partial charge in [0.15, 0.2) is 0 Å². The summed E-state index contributed by atoms with van der Waals surface area (Å²) in [5, 5.41) is 5.43. The maximum Gasteiger partial charge on any atom is 0.278 e. The summed E-state index contributed by atoms with van der Waals surface area (Å²) in [7, 11) is 0. The van der Waals surface area contributed by atoms with Crippen LogP contribution in [0.5, 0.6) is 10.9 Å². The number of nitrogens with one attached hydrogen (secondary N) is 1. The van der Waals surface area contributed by atoms with Gasteiger partial charge in [-0.2, -0.15) is 0 Å². The summed E-state index contributed by atoms with van der Waals surface area (Å²) < 4.78 is 5.58. The number of hydrogen-bond donors (Lipinski definition) is 1. The molecule has 1 heterocycles. The molecule has 4 nitrogen and oxygen atoms in total. The van der Waals surface area contributed by atoms with Crippen LogP contribution in [-0.4, -0.2) is 10.9 Å². The zero-order valence-electron chi connectivity index (χ0n) is 12.6. The molecular formula is C16H20N2O2S. The molecule has 0 unspecified atom stereocenters. The molecule has 5 heteroatoms. The molecule has 0 saturated heterocycles. The summed E-state index contributed by atoms with van der Waals surface area (Å²) in [6.45, 7) is 6.69. The van der Waals surface area contributed by atoms with Crippen LogP contribution < -0.4 is 10.1 Å². The van der Waals surface area contributed by atoms with Gasteiger partial charge in [-0.15, -0.1) is 0 Å². The highest BCUT2D eigenvalue weighted by Crippen LogP contribution is 2.23. The Balaban J connectivity index is 1.84. The number of nitrogens with zero attached hydrogens (tertiary/aromatic N) is 1. The lowest BCUT2D eigenvalue weighted by Crippen LogP contribution is -2.27. The number of amides is 1. The van der Waals surface area contributed by atoms with Gasteiger partial charge in [0, 0.05) is 24.5 Å². The zero-order valence-corrected chi connectivity index (χ0v) is 13.4. The summed E-state index contributed by atoms with van der Waals surface area (Å²) in [6.07, 6.45) is 2.23. The molecule has 0 aliphatic carbocycles. The number of ether oxygens (including phenoxy) is 1. The lowest BCUT2D eigenvalue weighted by molar-refractivity contribution is -0.122. The van der Waals surface area contributed by atoms with Crippen LogP contribution in [0.2, 0.25) is 0 Å². The van der Waals surface area contributed by atoms with Gasteiger partial charge in [0.1, 0.15) is 5.75 Å². The first kappa shape index (κ1) is 15.5. The Hall–Kier alpha value is -1.88. The third-order valence-corrected chi connectivity index (χ3v) is 3.37. The van der Waals surface area contributed by atoms with Crippen molar-refractivity contribution in [2.75, 3.05) is 0 Å². The first-order chi connectivity index (χ1) is 9.92. The molecule has 0 saturated carbocycles. The van der Waals surface area contributed by atoms with Gasteiger partial charge in [-0.3, -0.25) is 4.79 Å². The molecule has 1 N–H and O–H groups in total. The first-order valence-corrected chi connectivity index (χ1v) is 7.73. The molecule has 0 radical (unpaired) electrons. The van der Waals surface area contributed by atoms with Gasteiger partial charge >= 0.3 is 0 Å². The number of rotatable bonds is 5. The van der Waals surface area contributed by atoms with Gasteiger partial charge in [0.2, 0.25) is 5.91 Å². The molecule has 0 spiro atoms. The molecule has 0 aliphatic heterocycles. The van der Waals surface area contributed by atoms with Gasteiger partial charge in [0.25, 0.3) is 5.19 Å². The molecule has 1 amide bonds. The van der Waals surface area contributed by atoms with Crippen molar-refractivity contribution in [3.63, 3.8) is 0 Å². The van der Waals surface area contributed by atoms with Crippen LogP contribution in [0.15, 0.2) is 35.8 Å². The zero-order chi connectivity index (χ0) is 15.3. The first-order valence-electron chi connectivity index (χ1n) is 6.85. The predicted molar refractivity (Wildman–Crippen MR) is 84.5 cm³/mol. The average molecular weight is 304 g/mol. The Morgan fingerprint density at radius 1 is 1.29 bits per heavy atom. The SMILES string of the molecule is CC(C)(C)CC(=O)NCc1ccc(Oc2nccs2)cc1. The van der Waals surface area contributed by atoms with E-state index in [-0.39, 0.29) is 11.3 Å². The Morgan fingerprint density at radius 3 is 2.57 bits per heavy atom. The van der Waals surface area contributed by atoms with Crippen LogP contribution in [0.3, 0.4) is 0 Å². The van der Waals surface area contributed by atoms with E-state index in [1.807, 2.05) is 29.6 Å². The van der Waals surface area contributed by atoms with E-state index < -0.39 is 0 Å². The molecule has 21 heavy (non-hydrogen) atoms. The van der Waals surface area contributed by atoms with Gasteiger partial charge in [-0.1, -0.05) is 44.2 Å². The molecule has 112 valence electrons. The minimum atomic E-state index is 0.00941. The fraction of sp³-hybridized carbons (Fsp3) is 0.375. The van der Waals surface area contributed by atoms with Crippen LogP contribution in [-0.2, 0) is 11.3 Å². The highest BCUT2D eigenvalue weighted by atomic mass is 32.1. The van der Waals surface area contributed by atoms with E-state index in [0.29, 0.717) is 18.2 Å². The van der Waals surface area contributed by atoms with Gasteiger partial charge in [-0.25, -0.2) is 4.98 Å². The lowest BCUT2D eigenvalue weighted by Gasteiger charge is -2.17. The second-order valence-electron chi connectivity index (χ2n) is 6.06. The fourth-order valence-corrected chi connectivity index (χ4v) is 2.29. The monoisotopic (exact) mass is 304 g/mol. The molecule has 1 aromatic heterocycles. The summed E-state index contributed by atoms with van der Waals surface area (Å²) in [5.41, 5.74) is 1.05. The normalized spacial score (nSPS) is 11.2. The maximum absolute atomic E-state index is 11.8. The number of thiazole rings is 1. The van der Waals surface area contributed by atoms with Crippen LogP contribution in [0.4, 0.5) is 0 Å². The van der Waals surface area contributed by atoms with Gasteiger partial charge < -0.3 is 10.1 Å². The maximum atomic E-state index is 11.8.